The van der Waals surface area contributed by atoms with E-state index in [-0.39, 0.29) is 5.11 Å². The van der Waals surface area contributed by atoms with Crippen molar-refractivity contribution in [3.63, 3.8) is 0 Å². The van der Waals surface area contributed by atoms with Crippen LogP contribution < -0.4 is 25.6 Å². The first-order valence-electron chi connectivity index (χ1n) is 10.3. The zero-order valence-corrected chi connectivity index (χ0v) is 18.9. The molecule has 166 valence electrons. The number of carbonyl (C=O) groups excluding carboxylic acids is 2. The molecule has 0 aliphatic rings. The van der Waals surface area contributed by atoms with Crippen LogP contribution in [0.2, 0.25) is 0 Å². The first-order valence-corrected chi connectivity index (χ1v) is 10.7. The second-order valence-electron chi connectivity index (χ2n) is 7.23. The number of para-hydroxylation sites is 2. The monoisotopic (exact) mass is 443 g/mol. The highest BCUT2D eigenvalue weighted by molar-refractivity contribution is 7.80. The minimum Gasteiger partial charge on any atom is -0.493 e. The summed E-state index contributed by atoms with van der Waals surface area (Å²) < 4.78 is 11.3. The fourth-order valence-electron chi connectivity index (χ4n) is 2.56. The van der Waals surface area contributed by atoms with Crippen LogP contribution in [0, 0.1) is 5.92 Å². The first-order chi connectivity index (χ1) is 14.9. The normalized spacial score (nSPS) is 10.3. The van der Waals surface area contributed by atoms with Gasteiger partial charge in [-0.3, -0.25) is 25.8 Å². The smallest absolute Gasteiger partial charge is 0.273 e. The molecule has 0 heterocycles. The summed E-state index contributed by atoms with van der Waals surface area (Å²) in [5.74, 6) is 0.596. The van der Waals surface area contributed by atoms with Gasteiger partial charge in [0.05, 0.1) is 24.3 Å². The van der Waals surface area contributed by atoms with Crippen molar-refractivity contribution < 1.29 is 19.1 Å². The number of carbonyl (C=O) groups is 2. The lowest BCUT2D eigenvalue weighted by Crippen LogP contribution is -2.48. The predicted octanol–water partition coefficient (Wildman–Crippen LogP) is 3.85. The van der Waals surface area contributed by atoms with Gasteiger partial charge < -0.3 is 9.47 Å². The maximum absolute atomic E-state index is 12.6. The predicted molar refractivity (Wildman–Crippen MR) is 124 cm³/mol. The number of amides is 2. The number of hydrazine groups is 1. The molecule has 0 aliphatic heterocycles. The average Bonchev–Trinajstić information content (AvgIpc) is 2.76. The Labute approximate surface area is 188 Å². The molecule has 8 heteroatoms. The lowest BCUT2D eigenvalue weighted by atomic mass is 10.1. The van der Waals surface area contributed by atoms with Crippen LogP contribution in [-0.2, 0) is 0 Å². The standard InChI is InChI=1S/C23H29N3O4S/c1-4-14-29-20-12-8-6-10-18(20)22(28)25-26-23(31)24-21(27)17-9-5-7-11-19(17)30-15-13-16(2)3/h5-12,16H,4,13-15H2,1-3H3,(H,25,28)(H2,24,26,27,31). The number of ether oxygens (including phenoxy) is 2. The van der Waals surface area contributed by atoms with E-state index in [0.29, 0.717) is 41.8 Å². The molecule has 31 heavy (non-hydrogen) atoms. The van der Waals surface area contributed by atoms with Crippen LogP contribution in [0.1, 0.15) is 54.3 Å². The number of thiocarbonyl (C=S) groups is 1. The van der Waals surface area contributed by atoms with Crippen molar-refractivity contribution in [2.45, 2.75) is 33.6 Å². The molecule has 2 aromatic carbocycles. The summed E-state index contributed by atoms with van der Waals surface area (Å²) in [6, 6.07) is 13.8. The van der Waals surface area contributed by atoms with Gasteiger partial charge in [0.1, 0.15) is 11.5 Å². The largest absolute Gasteiger partial charge is 0.493 e. The summed E-state index contributed by atoms with van der Waals surface area (Å²) in [6.07, 6.45) is 1.71. The average molecular weight is 444 g/mol. The van der Waals surface area contributed by atoms with E-state index in [2.05, 4.69) is 30.0 Å². The van der Waals surface area contributed by atoms with E-state index in [9.17, 15) is 9.59 Å². The quantitative estimate of drug-likeness (QED) is 0.403. The Bertz CT molecular complexity index is 902. The van der Waals surface area contributed by atoms with E-state index >= 15 is 0 Å². The molecule has 0 fully saturated rings. The van der Waals surface area contributed by atoms with Crippen LogP contribution in [0.15, 0.2) is 48.5 Å². The molecule has 7 nitrogen and oxygen atoms in total. The van der Waals surface area contributed by atoms with E-state index in [1.165, 1.54) is 0 Å². The molecule has 0 unspecified atom stereocenters. The Morgan fingerprint density at radius 2 is 1.42 bits per heavy atom. The summed E-state index contributed by atoms with van der Waals surface area (Å²) in [6.45, 7) is 7.22. The van der Waals surface area contributed by atoms with Gasteiger partial charge in [-0.2, -0.15) is 0 Å². The number of nitrogens with one attached hydrogen (secondary N) is 3. The lowest BCUT2D eigenvalue weighted by Gasteiger charge is -2.15. The topological polar surface area (TPSA) is 88.7 Å². The molecule has 0 radical (unpaired) electrons. The van der Waals surface area contributed by atoms with Crippen molar-refractivity contribution >= 4 is 29.1 Å². The molecule has 2 rings (SSSR count). The van der Waals surface area contributed by atoms with Crippen molar-refractivity contribution in [1.82, 2.24) is 16.2 Å². The van der Waals surface area contributed by atoms with E-state index in [1.54, 1.807) is 48.5 Å². The molecule has 0 saturated carbocycles. The van der Waals surface area contributed by atoms with Crippen molar-refractivity contribution in [3.05, 3.63) is 59.7 Å². The third-order valence-corrected chi connectivity index (χ3v) is 4.40. The Morgan fingerprint density at radius 3 is 2.00 bits per heavy atom. The Morgan fingerprint density at radius 1 is 0.871 bits per heavy atom. The molecule has 0 spiro atoms. The highest BCUT2D eigenvalue weighted by Gasteiger charge is 2.15. The molecule has 0 aliphatic carbocycles. The molecular formula is C23H29N3O4S. The third-order valence-electron chi connectivity index (χ3n) is 4.19. The molecule has 0 aromatic heterocycles. The summed E-state index contributed by atoms with van der Waals surface area (Å²) in [7, 11) is 0. The minimum absolute atomic E-state index is 0.0395. The first kappa shape index (κ1) is 24.1. The van der Waals surface area contributed by atoms with Gasteiger partial charge in [-0.1, -0.05) is 45.0 Å². The van der Waals surface area contributed by atoms with Crippen LogP contribution in [0.25, 0.3) is 0 Å². The van der Waals surface area contributed by atoms with Crippen molar-refractivity contribution in [3.8, 4) is 11.5 Å². The summed E-state index contributed by atoms with van der Waals surface area (Å²) in [5, 5.41) is 2.51. The maximum atomic E-state index is 12.6. The molecule has 0 atom stereocenters. The van der Waals surface area contributed by atoms with Gasteiger partial charge in [-0.15, -0.1) is 0 Å². The van der Waals surface area contributed by atoms with Crippen molar-refractivity contribution in [2.24, 2.45) is 5.92 Å². The van der Waals surface area contributed by atoms with Gasteiger partial charge in [0.2, 0.25) is 0 Å². The Kier molecular flexibility index (Phi) is 9.77. The molecule has 2 amide bonds. The van der Waals surface area contributed by atoms with Crippen LogP contribution in [0.5, 0.6) is 11.5 Å². The maximum Gasteiger partial charge on any atom is 0.273 e. The van der Waals surface area contributed by atoms with Gasteiger partial charge in [-0.25, -0.2) is 0 Å². The summed E-state index contributed by atoms with van der Waals surface area (Å²) in [4.78, 5) is 25.1. The molecule has 0 bridgehead atoms. The van der Waals surface area contributed by atoms with Crippen LogP contribution in [-0.4, -0.2) is 30.1 Å². The highest BCUT2D eigenvalue weighted by Crippen LogP contribution is 2.19. The SMILES string of the molecule is CCCOc1ccccc1C(=O)NNC(=S)NC(=O)c1ccccc1OCCC(C)C. The van der Waals surface area contributed by atoms with Gasteiger partial charge in [0, 0.05) is 0 Å². The number of rotatable bonds is 9. The van der Waals surface area contributed by atoms with E-state index < -0.39 is 11.8 Å². The molecule has 2 aromatic rings. The summed E-state index contributed by atoms with van der Waals surface area (Å²) in [5.41, 5.74) is 5.75. The molecule has 3 N–H and O–H groups in total. The zero-order valence-electron chi connectivity index (χ0n) is 18.1. The molecule has 0 saturated heterocycles. The van der Waals surface area contributed by atoms with Crippen LogP contribution in [0.3, 0.4) is 0 Å². The number of benzene rings is 2. The van der Waals surface area contributed by atoms with Crippen molar-refractivity contribution in [1.29, 1.82) is 0 Å². The van der Waals surface area contributed by atoms with Gasteiger partial charge >= 0.3 is 0 Å². The van der Waals surface area contributed by atoms with Gasteiger partial charge in [0.25, 0.3) is 11.8 Å². The number of hydrogen-bond acceptors (Lipinski definition) is 5. The van der Waals surface area contributed by atoms with Gasteiger partial charge in [0.15, 0.2) is 5.11 Å². The number of hydrogen-bond donors (Lipinski definition) is 3. The fraction of sp³-hybridized carbons (Fsp3) is 0.348. The van der Waals surface area contributed by atoms with E-state index in [1.807, 2.05) is 6.92 Å². The Balaban J connectivity index is 1.92. The summed E-state index contributed by atoms with van der Waals surface area (Å²) >= 11 is 5.14. The Hall–Kier alpha value is -3.13. The van der Waals surface area contributed by atoms with E-state index in [0.717, 1.165) is 12.8 Å². The zero-order chi connectivity index (χ0) is 22.6. The third kappa shape index (κ3) is 7.90. The highest BCUT2D eigenvalue weighted by atomic mass is 32.1. The second-order valence-corrected chi connectivity index (χ2v) is 7.64. The second kappa shape index (κ2) is 12.5. The minimum atomic E-state index is -0.432. The van der Waals surface area contributed by atoms with Crippen molar-refractivity contribution in [2.75, 3.05) is 13.2 Å². The van der Waals surface area contributed by atoms with Crippen LogP contribution in [0.4, 0.5) is 0 Å². The van der Waals surface area contributed by atoms with Gasteiger partial charge in [-0.05, 0) is 55.2 Å². The molecular weight excluding hydrogens is 414 g/mol. The van der Waals surface area contributed by atoms with Crippen LogP contribution >= 0.6 is 12.2 Å². The lowest BCUT2D eigenvalue weighted by molar-refractivity contribution is 0.0930. The fourth-order valence-corrected chi connectivity index (χ4v) is 2.70. The van der Waals surface area contributed by atoms with E-state index in [4.69, 9.17) is 21.7 Å².